The molecule has 0 aliphatic heterocycles. The zero-order valence-electron chi connectivity index (χ0n) is 15.1. The van der Waals surface area contributed by atoms with E-state index in [-0.39, 0.29) is 6.42 Å². The molecule has 1 amide bonds. The number of hydrogen-bond acceptors (Lipinski definition) is 6. The largest absolute Gasteiger partial charge is 0.492 e. The van der Waals surface area contributed by atoms with Crippen LogP contribution in [0.1, 0.15) is 26.3 Å². The maximum Gasteiger partial charge on any atom is 0.408 e. The van der Waals surface area contributed by atoms with Crippen molar-refractivity contribution in [2.24, 2.45) is 0 Å². The van der Waals surface area contributed by atoms with Crippen molar-refractivity contribution in [3.8, 4) is 11.8 Å². The second kappa shape index (κ2) is 7.98. The van der Waals surface area contributed by atoms with Gasteiger partial charge in [0.2, 0.25) is 11.8 Å². The lowest BCUT2D eigenvalue weighted by Crippen LogP contribution is -2.47. The highest BCUT2D eigenvalue weighted by Crippen LogP contribution is 2.19. The minimum Gasteiger partial charge on any atom is -0.492 e. The molecule has 1 unspecified atom stereocenters. The SMILES string of the molecule is CC(C)(C)OC(=O)NC(Cc1cccc(F)c1)C(=O)On1c(O)ccc1O. The first-order chi connectivity index (χ1) is 12.5. The van der Waals surface area contributed by atoms with E-state index in [1.54, 1.807) is 26.8 Å². The van der Waals surface area contributed by atoms with Crippen LogP contribution >= 0.6 is 0 Å². The Morgan fingerprint density at radius 2 is 1.81 bits per heavy atom. The van der Waals surface area contributed by atoms with Crippen molar-refractivity contribution in [2.75, 3.05) is 0 Å². The first-order valence-electron chi connectivity index (χ1n) is 8.11. The maximum atomic E-state index is 13.4. The van der Waals surface area contributed by atoms with E-state index in [1.807, 2.05) is 0 Å². The van der Waals surface area contributed by atoms with E-state index in [0.717, 1.165) is 12.1 Å². The van der Waals surface area contributed by atoms with Gasteiger partial charge in [-0.2, -0.15) is 0 Å². The van der Waals surface area contributed by atoms with Gasteiger partial charge in [0.15, 0.2) is 0 Å². The molecule has 0 fully saturated rings. The van der Waals surface area contributed by atoms with Crippen LogP contribution < -0.4 is 10.2 Å². The van der Waals surface area contributed by atoms with Crippen LogP contribution in [0.15, 0.2) is 36.4 Å². The molecular formula is C18H21FN2O6. The number of nitrogens with zero attached hydrogens (tertiary/aromatic N) is 1. The summed E-state index contributed by atoms with van der Waals surface area (Å²) in [5, 5.41) is 21.5. The van der Waals surface area contributed by atoms with Gasteiger partial charge >= 0.3 is 12.1 Å². The minimum absolute atomic E-state index is 0.0986. The Balaban J connectivity index is 2.19. The standard InChI is InChI=1S/C18H21FN2O6/c1-18(2,3)26-17(25)20-13(10-11-5-4-6-12(19)9-11)16(24)27-21-14(22)7-8-15(21)23/h4-9,13,22-23H,10H2,1-3H3,(H,20,25). The molecule has 2 rings (SSSR count). The summed E-state index contributed by atoms with van der Waals surface area (Å²) in [6, 6.07) is 6.46. The summed E-state index contributed by atoms with van der Waals surface area (Å²) in [6.45, 7) is 4.97. The summed E-state index contributed by atoms with van der Waals surface area (Å²) in [4.78, 5) is 29.4. The average molecular weight is 380 g/mol. The van der Waals surface area contributed by atoms with E-state index in [9.17, 15) is 24.2 Å². The van der Waals surface area contributed by atoms with E-state index in [0.29, 0.717) is 10.3 Å². The van der Waals surface area contributed by atoms with Gasteiger partial charge in [0, 0.05) is 18.6 Å². The number of hydrogen-bond donors (Lipinski definition) is 3. The molecule has 3 N–H and O–H groups in total. The van der Waals surface area contributed by atoms with Crippen LogP contribution in [0, 0.1) is 5.82 Å². The number of aromatic nitrogens is 1. The highest BCUT2D eigenvalue weighted by molar-refractivity contribution is 5.82. The lowest BCUT2D eigenvalue weighted by Gasteiger charge is -2.23. The fourth-order valence-electron chi connectivity index (χ4n) is 2.19. The summed E-state index contributed by atoms with van der Waals surface area (Å²) in [5.41, 5.74) is -0.372. The molecule has 8 nitrogen and oxygen atoms in total. The topological polar surface area (TPSA) is 110 Å². The number of aromatic hydroxyl groups is 2. The van der Waals surface area contributed by atoms with Gasteiger partial charge in [-0.25, -0.2) is 14.0 Å². The van der Waals surface area contributed by atoms with Crippen molar-refractivity contribution in [2.45, 2.75) is 38.8 Å². The molecule has 1 atom stereocenters. The Bertz CT molecular complexity index is 808. The molecule has 1 heterocycles. The number of carbonyl (C=O) groups is 2. The number of amides is 1. The van der Waals surface area contributed by atoms with Crippen molar-refractivity contribution >= 4 is 12.1 Å². The van der Waals surface area contributed by atoms with Gasteiger partial charge in [-0.05, 0) is 38.5 Å². The molecule has 1 aromatic carbocycles. The normalized spacial score (nSPS) is 12.3. The van der Waals surface area contributed by atoms with Crippen LogP contribution in [-0.4, -0.2) is 38.6 Å². The molecule has 27 heavy (non-hydrogen) atoms. The summed E-state index contributed by atoms with van der Waals surface area (Å²) < 4.78 is 19.0. The van der Waals surface area contributed by atoms with Crippen molar-refractivity contribution in [3.63, 3.8) is 0 Å². The lowest BCUT2D eigenvalue weighted by atomic mass is 10.1. The van der Waals surface area contributed by atoms with Crippen LogP contribution in [0.4, 0.5) is 9.18 Å². The summed E-state index contributed by atoms with van der Waals surface area (Å²) in [5.74, 6) is -2.52. The van der Waals surface area contributed by atoms with E-state index in [1.165, 1.54) is 18.2 Å². The fraction of sp³-hybridized carbons (Fsp3) is 0.333. The fourth-order valence-corrected chi connectivity index (χ4v) is 2.19. The van der Waals surface area contributed by atoms with Crippen LogP contribution in [0.3, 0.4) is 0 Å². The van der Waals surface area contributed by atoms with Gasteiger partial charge in [0.25, 0.3) is 0 Å². The van der Waals surface area contributed by atoms with Gasteiger partial charge < -0.3 is 25.1 Å². The smallest absolute Gasteiger partial charge is 0.408 e. The predicted molar refractivity (Wildman–Crippen MR) is 92.6 cm³/mol. The van der Waals surface area contributed by atoms with E-state index in [2.05, 4.69) is 5.32 Å². The number of benzene rings is 1. The number of halogens is 1. The first kappa shape index (κ1) is 20.1. The molecule has 146 valence electrons. The lowest BCUT2D eigenvalue weighted by molar-refractivity contribution is -0.148. The third-order valence-corrected chi connectivity index (χ3v) is 3.28. The second-order valence-corrected chi connectivity index (χ2v) is 6.79. The zero-order valence-corrected chi connectivity index (χ0v) is 15.1. The number of ether oxygens (including phenoxy) is 1. The van der Waals surface area contributed by atoms with Gasteiger partial charge in [0.05, 0.1) is 0 Å². The molecule has 1 aromatic heterocycles. The zero-order chi connectivity index (χ0) is 20.2. The average Bonchev–Trinajstić information content (AvgIpc) is 2.84. The molecule has 0 radical (unpaired) electrons. The monoisotopic (exact) mass is 380 g/mol. The Labute approximate surface area is 155 Å². The van der Waals surface area contributed by atoms with E-state index in [4.69, 9.17) is 9.57 Å². The maximum absolute atomic E-state index is 13.4. The number of alkyl carbamates (subject to hydrolysis) is 1. The predicted octanol–water partition coefficient (Wildman–Crippen LogP) is 2.13. The third-order valence-electron chi connectivity index (χ3n) is 3.28. The van der Waals surface area contributed by atoms with Crippen molar-refractivity contribution in [1.29, 1.82) is 0 Å². The third kappa shape index (κ3) is 5.91. The van der Waals surface area contributed by atoms with E-state index >= 15 is 0 Å². The summed E-state index contributed by atoms with van der Waals surface area (Å²) in [7, 11) is 0. The number of carbonyl (C=O) groups excluding carboxylic acids is 2. The molecule has 0 bridgehead atoms. The van der Waals surface area contributed by atoms with Crippen LogP contribution in [0.2, 0.25) is 0 Å². The molecule has 0 aliphatic carbocycles. The Morgan fingerprint density at radius 1 is 1.19 bits per heavy atom. The summed E-state index contributed by atoms with van der Waals surface area (Å²) in [6.07, 6.45) is -0.972. The van der Waals surface area contributed by atoms with Gasteiger partial charge in [-0.15, -0.1) is 4.73 Å². The molecule has 0 spiro atoms. The molecule has 0 aliphatic rings. The minimum atomic E-state index is -1.26. The molecule has 2 aromatic rings. The second-order valence-electron chi connectivity index (χ2n) is 6.79. The van der Waals surface area contributed by atoms with Crippen LogP contribution in [0.25, 0.3) is 0 Å². The Morgan fingerprint density at radius 3 is 2.37 bits per heavy atom. The highest BCUT2D eigenvalue weighted by atomic mass is 19.1. The number of rotatable bonds is 5. The van der Waals surface area contributed by atoms with Gasteiger partial charge in [-0.1, -0.05) is 12.1 Å². The summed E-state index contributed by atoms with van der Waals surface area (Å²) >= 11 is 0. The first-order valence-corrected chi connectivity index (χ1v) is 8.11. The van der Waals surface area contributed by atoms with Gasteiger partial charge in [-0.3, -0.25) is 0 Å². The van der Waals surface area contributed by atoms with E-state index < -0.39 is 41.3 Å². The molecular weight excluding hydrogens is 359 g/mol. The molecule has 9 heteroatoms. The van der Waals surface area contributed by atoms with Crippen molar-refractivity contribution in [3.05, 3.63) is 47.8 Å². The quantitative estimate of drug-likeness (QED) is 0.733. The van der Waals surface area contributed by atoms with Crippen LogP contribution in [-0.2, 0) is 16.0 Å². The highest BCUT2D eigenvalue weighted by Gasteiger charge is 2.28. The van der Waals surface area contributed by atoms with Gasteiger partial charge in [0.1, 0.15) is 17.5 Å². The molecule has 0 saturated carbocycles. The van der Waals surface area contributed by atoms with Crippen molar-refractivity contribution < 1.29 is 33.8 Å². The van der Waals surface area contributed by atoms with Crippen LogP contribution in [0.5, 0.6) is 11.8 Å². The Hall–Kier alpha value is -3.23. The van der Waals surface area contributed by atoms with Crippen molar-refractivity contribution in [1.82, 2.24) is 10.0 Å². The Kier molecular flexibility index (Phi) is 5.94. The number of nitrogens with one attached hydrogen (secondary N) is 1. The molecule has 0 saturated heterocycles.